The monoisotopic (exact) mass is 1460 g/mol. The highest BCUT2D eigenvalue weighted by molar-refractivity contribution is 5.92. The fraction of sp³-hybridized carbons (Fsp3) is 0.757. The van der Waals surface area contributed by atoms with Crippen LogP contribution in [0.15, 0.2) is 30.3 Å². The van der Waals surface area contributed by atoms with Gasteiger partial charge in [0.1, 0.15) is 32.2 Å². The van der Waals surface area contributed by atoms with Gasteiger partial charge in [0.05, 0.1) is 50.0 Å². The van der Waals surface area contributed by atoms with E-state index in [0.29, 0.717) is 51.7 Å². The lowest BCUT2D eigenvalue weighted by Crippen LogP contribution is -2.58. The fourth-order valence-electron chi connectivity index (χ4n) is 12.4. The molecule has 29 nitrogen and oxygen atoms in total. The summed E-state index contributed by atoms with van der Waals surface area (Å²) in [4.78, 5) is 156. The topological polar surface area (TPSA) is 373 Å². The number of carbonyl (C=O) groups is 12. The second kappa shape index (κ2) is 48.2. The number of rotatable bonds is 48. The minimum Gasteiger partial charge on any atom is -0.463 e. The van der Waals surface area contributed by atoms with Crippen LogP contribution in [0.4, 0.5) is 0 Å². The Morgan fingerprint density at radius 3 is 1.37 bits per heavy atom. The van der Waals surface area contributed by atoms with Gasteiger partial charge < -0.3 is 79.3 Å². The normalized spacial score (nSPS) is 24.8. The smallest absolute Gasteiger partial charge is 0.306 e. The number of ether oxygens (including phenoxy) is 10. The summed E-state index contributed by atoms with van der Waals surface area (Å²) in [5.41, 5.74) is 0.806. The first-order chi connectivity index (χ1) is 49.0. The molecule has 103 heavy (non-hydrogen) atoms. The van der Waals surface area contributed by atoms with Crippen molar-refractivity contribution in [3.8, 4) is 0 Å². The third-order valence-electron chi connectivity index (χ3n) is 19.8. The van der Waals surface area contributed by atoms with Crippen molar-refractivity contribution in [2.75, 3.05) is 85.5 Å². The zero-order chi connectivity index (χ0) is 76.0. The van der Waals surface area contributed by atoms with Crippen LogP contribution in [0, 0.1) is 47.3 Å². The largest absolute Gasteiger partial charge is 0.463 e. The van der Waals surface area contributed by atoms with Crippen LogP contribution in [0.5, 0.6) is 0 Å². The molecule has 0 radical (unpaired) electrons. The second-order valence-electron chi connectivity index (χ2n) is 27.8. The fourth-order valence-corrected chi connectivity index (χ4v) is 12.4. The Morgan fingerprint density at radius 1 is 0.427 bits per heavy atom. The van der Waals surface area contributed by atoms with Crippen molar-refractivity contribution in [1.82, 2.24) is 36.8 Å². The Labute approximate surface area is 607 Å². The molecule has 3 saturated heterocycles. The Morgan fingerprint density at radius 2 is 0.874 bits per heavy atom. The molecule has 0 spiro atoms. The predicted octanol–water partition coefficient (Wildman–Crippen LogP) is 5.09. The number of Topliss-reactive ketones (excluding diaryl/α,β-unsaturated/α-hetero) is 2. The molecule has 3 fully saturated rings. The Balaban J connectivity index is 1.40. The molecule has 0 bridgehead atoms. The molecular formula is C74H119N7O22. The third kappa shape index (κ3) is 34.2. The van der Waals surface area contributed by atoms with Gasteiger partial charge in [-0.25, -0.2) is 0 Å². The summed E-state index contributed by atoms with van der Waals surface area (Å²) in [7, 11) is 0. The molecule has 3 aliphatic rings. The highest BCUT2D eigenvalue weighted by atomic mass is 16.7. The summed E-state index contributed by atoms with van der Waals surface area (Å²) in [6.07, 6.45) is -0.978. The zero-order valence-corrected chi connectivity index (χ0v) is 62.9. The van der Waals surface area contributed by atoms with Crippen molar-refractivity contribution >= 4 is 70.9 Å². The molecule has 0 aliphatic carbocycles. The van der Waals surface area contributed by atoms with Crippen molar-refractivity contribution < 1.29 is 105 Å². The van der Waals surface area contributed by atoms with Gasteiger partial charge >= 0.3 is 23.9 Å². The van der Waals surface area contributed by atoms with E-state index in [1.165, 1.54) is 32.6 Å². The standard InChI is InChI=1S/C74H119N7O22/c1-46-48(3)62(43-97-55(10)83)101-72(52(46)7)94-36-19-16-32-75-66(89)29-27-59(86)40-81(41-69(92)79-39-68(91)77-34-18-21-38-96-74-71(80-54(9)82)51(6)50(5)64(103-74)45-99-57(12)85)60(31-35-78-65(88)25-22-26-70(93)100-42-58-23-14-13-15-24-58)61(87)28-30-67(90)76-33-17-20-37-95-73-53(8)47(2)49(4)63(102-73)44-98-56(11)84/h13-15,23-24,46-53,60,62-64,71-74H,16-22,25-45H2,1-12H3,(H,75,89)(H,76,90)(H,77,91)(H,78,88)(H,79,92)(H,80,82)/t46-,47-,48+,49+,50+,51-,52?,53?,60?,62?,63?,64?,71?,72+,73+,74+/m0/s1. The first kappa shape index (κ1) is 88.4. The zero-order valence-electron chi connectivity index (χ0n) is 62.9. The van der Waals surface area contributed by atoms with Crippen molar-refractivity contribution in [2.45, 2.75) is 229 Å². The van der Waals surface area contributed by atoms with Crippen LogP contribution in [-0.2, 0) is 112 Å². The number of hydrogen-bond donors (Lipinski definition) is 6. The van der Waals surface area contributed by atoms with E-state index >= 15 is 0 Å². The molecule has 4 rings (SSSR count). The molecule has 29 heteroatoms. The van der Waals surface area contributed by atoms with Gasteiger partial charge in [0.15, 0.2) is 24.7 Å². The Bertz CT molecular complexity index is 2830. The number of unbranched alkanes of at least 4 members (excludes halogenated alkanes) is 3. The first-order valence-electron chi connectivity index (χ1n) is 36.8. The predicted molar refractivity (Wildman–Crippen MR) is 376 cm³/mol. The van der Waals surface area contributed by atoms with Crippen LogP contribution < -0.4 is 31.9 Å². The van der Waals surface area contributed by atoms with Crippen LogP contribution in [0.2, 0.25) is 0 Å². The number of nitrogens with one attached hydrogen (secondary N) is 6. The summed E-state index contributed by atoms with van der Waals surface area (Å²) in [6, 6.07) is 7.41. The molecule has 7 unspecified atom stereocenters. The first-order valence-corrected chi connectivity index (χ1v) is 36.8. The van der Waals surface area contributed by atoms with E-state index in [4.69, 9.17) is 47.4 Å². The third-order valence-corrected chi connectivity index (χ3v) is 19.8. The molecule has 0 saturated carbocycles. The lowest BCUT2D eigenvalue weighted by molar-refractivity contribution is -0.255. The molecular weight excluding hydrogens is 1340 g/mol. The molecule has 6 amide bonds. The maximum absolute atomic E-state index is 14.5. The number of ketones is 2. The van der Waals surface area contributed by atoms with Crippen LogP contribution in [0.3, 0.4) is 0 Å². The van der Waals surface area contributed by atoms with E-state index in [0.717, 1.165) is 5.56 Å². The van der Waals surface area contributed by atoms with E-state index in [1.807, 2.05) is 58.0 Å². The summed E-state index contributed by atoms with van der Waals surface area (Å²) in [5, 5.41) is 16.7. The van der Waals surface area contributed by atoms with E-state index in [-0.39, 0.29) is 176 Å². The quantitative estimate of drug-likeness (QED) is 0.0281. The number of carbonyl (C=O) groups excluding carboxylic acids is 12. The average Bonchev–Trinajstić information content (AvgIpc) is 0.822. The van der Waals surface area contributed by atoms with E-state index in [9.17, 15) is 57.5 Å². The SMILES string of the molecule is CC(=O)NC1[C@H](OCCCCNC(=O)CNC(=O)CN(CC(=O)CCC(=O)NCCCCO[C@@H]2OC(COC(C)=O)[C@H](C)[C@H](C)C2C)C(CCNC(=O)CCCC(=O)OCc2ccccc2)C(=O)CCC(=O)NCCCCO[C@@H]2OC(COC(C)=O)[C@H](C)[C@H](C)C2C)OC(COC(C)=O)[C@H](C)[C@@H]1C. The van der Waals surface area contributed by atoms with Crippen LogP contribution >= 0.6 is 0 Å². The second-order valence-corrected chi connectivity index (χ2v) is 27.8. The molecule has 1 aromatic rings. The van der Waals surface area contributed by atoms with Crippen LogP contribution in [0.1, 0.15) is 179 Å². The lowest BCUT2D eigenvalue weighted by atomic mass is 9.79. The van der Waals surface area contributed by atoms with Gasteiger partial charge in [0.2, 0.25) is 35.4 Å². The van der Waals surface area contributed by atoms with Crippen molar-refractivity contribution in [1.29, 1.82) is 0 Å². The van der Waals surface area contributed by atoms with Gasteiger partial charge in [-0.3, -0.25) is 62.4 Å². The maximum Gasteiger partial charge on any atom is 0.306 e. The minimum atomic E-state index is -1.24. The Hall–Kier alpha value is -7.02. The molecule has 0 aromatic heterocycles. The molecule has 16 atom stereocenters. The number of amides is 6. The summed E-state index contributed by atoms with van der Waals surface area (Å²) in [5.74, 6) is -4.87. The number of nitrogens with zero attached hydrogens (tertiary/aromatic N) is 1. The van der Waals surface area contributed by atoms with Crippen LogP contribution in [0.25, 0.3) is 0 Å². The van der Waals surface area contributed by atoms with Gasteiger partial charge in [-0.2, -0.15) is 0 Å². The highest BCUT2D eigenvalue weighted by Crippen LogP contribution is 2.37. The summed E-state index contributed by atoms with van der Waals surface area (Å²) >= 11 is 0. The Kier molecular flexibility index (Phi) is 41.3. The van der Waals surface area contributed by atoms with E-state index in [1.54, 1.807) is 0 Å². The summed E-state index contributed by atoms with van der Waals surface area (Å²) < 4.78 is 57.9. The minimum absolute atomic E-state index is 0.0198. The molecule has 6 N–H and O–H groups in total. The van der Waals surface area contributed by atoms with Gasteiger partial charge in [-0.05, 0) is 92.4 Å². The molecule has 3 heterocycles. The number of benzene rings is 1. The average molecular weight is 1460 g/mol. The molecule has 3 aliphatic heterocycles. The maximum atomic E-state index is 14.5. The lowest BCUT2D eigenvalue weighted by Gasteiger charge is -2.44. The number of hydrogen-bond acceptors (Lipinski definition) is 23. The van der Waals surface area contributed by atoms with Gasteiger partial charge in [-0.15, -0.1) is 0 Å². The van der Waals surface area contributed by atoms with E-state index < -0.39 is 122 Å². The van der Waals surface area contributed by atoms with Crippen molar-refractivity contribution in [2.24, 2.45) is 47.3 Å². The summed E-state index contributed by atoms with van der Waals surface area (Å²) in [6.45, 7) is 22.0. The van der Waals surface area contributed by atoms with Gasteiger partial charge in [0, 0.05) is 124 Å². The molecule has 1 aromatic carbocycles. The van der Waals surface area contributed by atoms with Gasteiger partial charge in [-0.1, -0.05) is 85.7 Å². The van der Waals surface area contributed by atoms with Crippen molar-refractivity contribution in [3.05, 3.63) is 35.9 Å². The van der Waals surface area contributed by atoms with Crippen molar-refractivity contribution in [3.63, 3.8) is 0 Å². The van der Waals surface area contributed by atoms with Gasteiger partial charge in [0.25, 0.3) is 0 Å². The molecule has 582 valence electrons. The van der Waals surface area contributed by atoms with Crippen LogP contribution in [-0.4, -0.2) is 211 Å². The number of esters is 4. The highest BCUT2D eigenvalue weighted by Gasteiger charge is 2.44. The van der Waals surface area contributed by atoms with E-state index in [2.05, 4.69) is 59.6 Å².